The van der Waals surface area contributed by atoms with E-state index in [2.05, 4.69) is 15.2 Å². The second-order valence-electron chi connectivity index (χ2n) is 6.25. The Morgan fingerprint density at radius 3 is 2.62 bits per heavy atom. The molecule has 0 atom stereocenters. The summed E-state index contributed by atoms with van der Waals surface area (Å²) in [6.07, 6.45) is 0. The lowest BCUT2D eigenvalue weighted by molar-refractivity contribution is 0.355. The van der Waals surface area contributed by atoms with Gasteiger partial charge in [0.2, 0.25) is 0 Å². The van der Waals surface area contributed by atoms with Gasteiger partial charge in [0.05, 0.1) is 23.9 Å². The summed E-state index contributed by atoms with van der Waals surface area (Å²) in [4.78, 5) is 4.67. The maximum Gasteiger partial charge on any atom is 0.161 e. The highest BCUT2D eigenvalue weighted by atomic mass is 32.2. The highest BCUT2D eigenvalue weighted by Gasteiger charge is 2.17. The molecule has 0 spiro atoms. The molecule has 4 aromatic rings. The Balaban J connectivity index is 1.72. The smallest absolute Gasteiger partial charge is 0.161 e. The Kier molecular flexibility index (Phi) is 5.64. The molecule has 29 heavy (non-hydrogen) atoms. The van der Waals surface area contributed by atoms with E-state index in [0.29, 0.717) is 17.3 Å². The summed E-state index contributed by atoms with van der Waals surface area (Å²) in [6, 6.07) is 12.2. The lowest BCUT2D eigenvalue weighted by Gasteiger charge is -2.10. The minimum atomic E-state index is -0.243. The molecule has 0 amide bonds. The van der Waals surface area contributed by atoms with Crippen molar-refractivity contribution in [3.63, 3.8) is 0 Å². The zero-order valence-electron chi connectivity index (χ0n) is 16.1. The van der Waals surface area contributed by atoms with Crippen LogP contribution in [0.1, 0.15) is 10.6 Å². The maximum absolute atomic E-state index is 13.4. The van der Waals surface area contributed by atoms with E-state index in [1.807, 2.05) is 31.2 Å². The Morgan fingerprint density at radius 1 is 1.03 bits per heavy atom. The monoisotopic (exact) mass is 427 g/mol. The second-order valence-corrected chi connectivity index (χ2v) is 8.42. The van der Waals surface area contributed by atoms with E-state index < -0.39 is 0 Å². The number of halogens is 1. The number of hydrogen-bond donors (Lipinski definition) is 0. The van der Waals surface area contributed by atoms with Crippen molar-refractivity contribution in [1.29, 1.82) is 0 Å². The Hall–Kier alpha value is -2.71. The molecule has 2 aromatic carbocycles. The lowest BCUT2D eigenvalue weighted by atomic mass is 10.1. The van der Waals surface area contributed by atoms with E-state index >= 15 is 0 Å². The molecule has 2 aromatic heterocycles. The largest absolute Gasteiger partial charge is 0.493 e. The number of methoxy groups -OCH3 is 2. The fourth-order valence-corrected chi connectivity index (χ4v) is 4.83. The van der Waals surface area contributed by atoms with Gasteiger partial charge in [-0.1, -0.05) is 23.9 Å². The summed E-state index contributed by atoms with van der Waals surface area (Å²) in [6.45, 7) is 1.96. The molecule has 148 valence electrons. The van der Waals surface area contributed by atoms with Crippen LogP contribution in [0.25, 0.3) is 21.5 Å². The second kappa shape index (κ2) is 8.34. The number of hydrogen-bond acceptors (Lipinski definition) is 7. The first-order valence-electron chi connectivity index (χ1n) is 8.82. The third-order valence-corrected chi connectivity index (χ3v) is 6.32. The SMILES string of the molecule is COc1ccc(-c2nnc(SCc3cccc(F)c3)c3nc(C)sc23)cc1OC. The standard InChI is InChI=1S/C21H18FN3O2S2/c1-12-23-19-20(29-12)18(14-7-8-16(26-2)17(10-14)27-3)24-25-21(19)28-11-13-5-4-6-15(22)9-13/h4-10H,11H2,1-3H3. The molecular weight excluding hydrogens is 409 g/mol. The van der Waals surface area contributed by atoms with Gasteiger partial charge in [0.25, 0.3) is 0 Å². The molecule has 8 heteroatoms. The van der Waals surface area contributed by atoms with Crippen LogP contribution in [-0.4, -0.2) is 29.4 Å². The summed E-state index contributed by atoms with van der Waals surface area (Å²) in [5, 5.41) is 10.6. The van der Waals surface area contributed by atoms with Gasteiger partial charge in [-0.3, -0.25) is 0 Å². The van der Waals surface area contributed by atoms with E-state index in [4.69, 9.17) is 9.47 Å². The third kappa shape index (κ3) is 4.04. The first kappa shape index (κ1) is 19.6. The van der Waals surface area contributed by atoms with Gasteiger partial charge in [-0.2, -0.15) is 0 Å². The predicted octanol–water partition coefficient (Wildman–Crippen LogP) is 5.51. The van der Waals surface area contributed by atoms with Gasteiger partial charge < -0.3 is 9.47 Å². The number of thioether (sulfide) groups is 1. The van der Waals surface area contributed by atoms with Gasteiger partial charge in [0.15, 0.2) is 11.5 Å². The van der Waals surface area contributed by atoms with Crippen LogP contribution < -0.4 is 9.47 Å². The van der Waals surface area contributed by atoms with E-state index in [9.17, 15) is 4.39 Å². The number of nitrogens with zero attached hydrogens (tertiary/aromatic N) is 3. The zero-order chi connectivity index (χ0) is 20.4. The van der Waals surface area contributed by atoms with E-state index in [-0.39, 0.29) is 5.82 Å². The fraction of sp³-hybridized carbons (Fsp3) is 0.190. The predicted molar refractivity (Wildman–Crippen MR) is 114 cm³/mol. The summed E-state index contributed by atoms with van der Waals surface area (Å²) < 4.78 is 25.1. The van der Waals surface area contributed by atoms with Crippen molar-refractivity contribution in [3.8, 4) is 22.8 Å². The van der Waals surface area contributed by atoms with Crippen LogP contribution in [0, 0.1) is 12.7 Å². The molecule has 0 bridgehead atoms. The van der Waals surface area contributed by atoms with Crippen molar-refractivity contribution in [2.24, 2.45) is 0 Å². The van der Waals surface area contributed by atoms with Crippen molar-refractivity contribution >= 4 is 33.3 Å². The molecule has 0 radical (unpaired) electrons. The average Bonchev–Trinajstić information content (AvgIpc) is 3.13. The van der Waals surface area contributed by atoms with Crippen molar-refractivity contribution in [3.05, 3.63) is 58.9 Å². The topological polar surface area (TPSA) is 57.1 Å². The molecule has 0 aliphatic carbocycles. The Bertz CT molecular complexity index is 1180. The molecular formula is C21H18FN3O2S2. The van der Waals surface area contributed by atoms with Crippen molar-refractivity contribution in [2.75, 3.05) is 14.2 Å². The van der Waals surface area contributed by atoms with Crippen LogP contribution >= 0.6 is 23.1 Å². The summed E-state index contributed by atoms with van der Waals surface area (Å²) in [7, 11) is 3.21. The summed E-state index contributed by atoms with van der Waals surface area (Å²) >= 11 is 3.08. The molecule has 4 rings (SSSR count). The van der Waals surface area contributed by atoms with Gasteiger partial charge in [0, 0.05) is 11.3 Å². The van der Waals surface area contributed by atoms with Gasteiger partial charge in [0.1, 0.15) is 22.1 Å². The van der Waals surface area contributed by atoms with E-state index in [1.54, 1.807) is 31.6 Å². The first-order valence-corrected chi connectivity index (χ1v) is 10.6. The molecule has 5 nitrogen and oxygen atoms in total. The number of rotatable bonds is 6. The van der Waals surface area contributed by atoms with E-state index in [0.717, 1.165) is 37.1 Å². The molecule has 0 N–H and O–H groups in total. The molecule has 2 heterocycles. The first-order chi connectivity index (χ1) is 14.1. The molecule has 0 aliphatic rings. The highest BCUT2D eigenvalue weighted by molar-refractivity contribution is 7.98. The van der Waals surface area contributed by atoms with Crippen LogP contribution in [0.5, 0.6) is 11.5 Å². The van der Waals surface area contributed by atoms with E-state index in [1.165, 1.54) is 23.9 Å². The Morgan fingerprint density at radius 2 is 1.86 bits per heavy atom. The normalized spacial score (nSPS) is 11.0. The van der Waals surface area contributed by atoms with Gasteiger partial charge in [-0.15, -0.1) is 21.5 Å². The number of fused-ring (bicyclic) bond motifs is 1. The molecule has 0 saturated carbocycles. The van der Waals surface area contributed by atoms with Gasteiger partial charge >= 0.3 is 0 Å². The van der Waals surface area contributed by atoms with Crippen LogP contribution in [0.3, 0.4) is 0 Å². The van der Waals surface area contributed by atoms with Crippen molar-refractivity contribution in [2.45, 2.75) is 17.7 Å². The average molecular weight is 428 g/mol. The zero-order valence-corrected chi connectivity index (χ0v) is 17.7. The minimum Gasteiger partial charge on any atom is -0.493 e. The van der Waals surface area contributed by atoms with Crippen LogP contribution in [0.2, 0.25) is 0 Å². The Labute approximate surface area is 175 Å². The maximum atomic E-state index is 13.4. The highest BCUT2D eigenvalue weighted by Crippen LogP contribution is 2.38. The summed E-state index contributed by atoms with van der Waals surface area (Å²) in [5.41, 5.74) is 3.33. The number of thiazole rings is 1. The third-order valence-electron chi connectivity index (χ3n) is 4.31. The number of aromatic nitrogens is 3. The van der Waals surface area contributed by atoms with Crippen LogP contribution in [-0.2, 0) is 5.75 Å². The van der Waals surface area contributed by atoms with Crippen LogP contribution in [0.15, 0.2) is 47.5 Å². The lowest BCUT2D eigenvalue weighted by Crippen LogP contribution is -1.95. The number of aryl methyl sites for hydroxylation is 1. The van der Waals surface area contributed by atoms with Crippen molar-refractivity contribution in [1.82, 2.24) is 15.2 Å². The summed E-state index contributed by atoms with van der Waals surface area (Å²) in [5.74, 6) is 1.63. The minimum absolute atomic E-state index is 0.243. The number of benzene rings is 2. The fourth-order valence-electron chi connectivity index (χ4n) is 2.97. The van der Waals surface area contributed by atoms with Gasteiger partial charge in [-0.05, 0) is 42.8 Å². The molecule has 0 saturated heterocycles. The van der Waals surface area contributed by atoms with Crippen LogP contribution in [0.4, 0.5) is 4.39 Å². The molecule has 0 aliphatic heterocycles. The van der Waals surface area contributed by atoms with Crippen molar-refractivity contribution < 1.29 is 13.9 Å². The molecule has 0 unspecified atom stereocenters. The quantitative estimate of drug-likeness (QED) is 0.378. The number of ether oxygens (including phenoxy) is 2. The molecule has 0 fully saturated rings. The van der Waals surface area contributed by atoms with Gasteiger partial charge in [-0.25, -0.2) is 9.37 Å².